The lowest BCUT2D eigenvalue weighted by Crippen LogP contribution is -2.48. The van der Waals surface area contributed by atoms with E-state index in [0.717, 1.165) is 12.0 Å². The molecule has 0 N–H and O–H groups in total. The molecule has 1 aromatic heterocycles. The number of hydrogen-bond acceptors (Lipinski definition) is 5. The number of amides is 2. The number of piperazine rings is 1. The Kier molecular flexibility index (Phi) is 4.88. The van der Waals surface area contributed by atoms with E-state index < -0.39 is 0 Å². The molecule has 0 aliphatic carbocycles. The zero-order chi connectivity index (χ0) is 16.9. The first-order chi connectivity index (χ1) is 11.7. The summed E-state index contributed by atoms with van der Waals surface area (Å²) in [5, 5.41) is 8.06. The summed E-state index contributed by atoms with van der Waals surface area (Å²) in [6.45, 7) is 4.36. The van der Waals surface area contributed by atoms with Gasteiger partial charge in [0.05, 0.1) is 0 Å². The average molecular weight is 328 g/mol. The van der Waals surface area contributed by atoms with Crippen molar-refractivity contribution in [2.45, 2.75) is 19.8 Å². The molecule has 0 atom stereocenters. The molecule has 0 unspecified atom stereocenters. The van der Waals surface area contributed by atoms with Gasteiger partial charge in [-0.05, 0) is 19.1 Å². The Morgan fingerprint density at radius 2 is 1.88 bits per heavy atom. The monoisotopic (exact) mass is 328 g/mol. The molecule has 0 saturated carbocycles. The van der Waals surface area contributed by atoms with Crippen molar-refractivity contribution in [1.29, 1.82) is 0 Å². The predicted octanol–water partition coefficient (Wildman–Crippen LogP) is 1.28. The lowest BCUT2D eigenvalue weighted by atomic mass is 10.1. The van der Waals surface area contributed by atoms with E-state index in [4.69, 9.17) is 4.42 Å². The van der Waals surface area contributed by atoms with Crippen LogP contribution in [0.4, 0.5) is 0 Å². The van der Waals surface area contributed by atoms with Gasteiger partial charge in [0.15, 0.2) is 0 Å². The van der Waals surface area contributed by atoms with Crippen LogP contribution >= 0.6 is 0 Å². The lowest BCUT2D eigenvalue weighted by Gasteiger charge is -2.32. The minimum Gasteiger partial charge on any atom is -0.421 e. The molecule has 24 heavy (non-hydrogen) atoms. The minimum atomic E-state index is 0.0515. The highest BCUT2D eigenvalue weighted by atomic mass is 16.4. The molecule has 7 nitrogen and oxygen atoms in total. The minimum absolute atomic E-state index is 0.0515. The molecule has 3 rings (SSSR count). The Morgan fingerprint density at radius 3 is 2.54 bits per heavy atom. The van der Waals surface area contributed by atoms with Gasteiger partial charge in [-0.1, -0.05) is 17.7 Å². The van der Waals surface area contributed by atoms with Crippen LogP contribution in [0.5, 0.6) is 0 Å². The molecule has 1 saturated heterocycles. The number of carbonyl (C=O) groups excluding carboxylic acids is 2. The van der Waals surface area contributed by atoms with Gasteiger partial charge < -0.3 is 14.2 Å². The fourth-order valence-electron chi connectivity index (χ4n) is 2.62. The first-order valence-electron chi connectivity index (χ1n) is 8.02. The summed E-state index contributed by atoms with van der Waals surface area (Å²) in [5.41, 5.74) is 2.04. The van der Waals surface area contributed by atoms with E-state index in [9.17, 15) is 9.59 Å². The second-order valence-corrected chi connectivity index (χ2v) is 5.89. The molecular weight excluding hydrogens is 308 g/mol. The van der Waals surface area contributed by atoms with Gasteiger partial charge in [-0.3, -0.25) is 9.59 Å². The molecule has 2 heterocycles. The molecule has 7 heteroatoms. The van der Waals surface area contributed by atoms with Crippen LogP contribution in [0, 0.1) is 6.92 Å². The van der Waals surface area contributed by atoms with Gasteiger partial charge in [0.25, 0.3) is 0 Å². The Hall–Kier alpha value is -2.70. The summed E-state index contributed by atoms with van der Waals surface area (Å²) in [7, 11) is 0. The van der Waals surface area contributed by atoms with Crippen LogP contribution in [-0.4, -0.2) is 58.5 Å². The Morgan fingerprint density at radius 1 is 1.17 bits per heavy atom. The quantitative estimate of drug-likeness (QED) is 0.773. The van der Waals surface area contributed by atoms with Gasteiger partial charge in [0.1, 0.15) is 0 Å². The third-order valence-corrected chi connectivity index (χ3v) is 4.13. The summed E-state index contributed by atoms with van der Waals surface area (Å²) >= 11 is 0. The van der Waals surface area contributed by atoms with E-state index in [1.54, 1.807) is 9.80 Å². The van der Waals surface area contributed by atoms with Crippen molar-refractivity contribution in [3.05, 3.63) is 35.7 Å². The Balaban J connectivity index is 1.53. The van der Waals surface area contributed by atoms with Crippen LogP contribution in [0.1, 0.15) is 17.9 Å². The molecule has 1 aliphatic rings. The number of aryl methyl sites for hydroxylation is 2. The van der Waals surface area contributed by atoms with Crippen molar-refractivity contribution in [3.8, 4) is 11.5 Å². The molecule has 0 spiro atoms. The number of aromatic nitrogens is 2. The molecule has 1 aliphatic heterocycles. The normalized spacial score (nSPS) is 14.7. The molecule has 126 valence electrons. The smallest absolute Gasteiger partial charge is 0.247 e. The van der Waals surface area contributed by atoms with Gasteiger partial charge >= 0.3 is 0 Å². The summed E-state index contributed by atoms with van der Waals surface area (Å²) in [4.78, 5) is 26.3. The van der Waals surface area contributed by atoms with Gasteiger partial charge in [-0.2, -0.15) is 0 Å². The van der Waals surface area contributed by atoms with Crippen molar-refractivity contribution in [3.63, 3.8) is 0 Å². The van der Waals surface area contributed by atoms with Crippen molar-refractivity contribution in [1.82, 2.24) is 20.0 Å². The first kappa shape index (κ1) is 16.2. The lowest BCUT2D eigenvalue weighted by molar-refractivity contribution is -0.135. The summed E-state index contributed by atoms with van der Waals surface area (Å²) in [6, 6.07) is 7.85. The fourth-order valence-corrected chi connectivity index (χ4v) is 2.62. The predicted molar refractivity (Wildman–Crippen MR) is 87.0 cm³/mol. The maximum Gasteiger partial charge on any atom is 0.247 e. The van der Waals surface area contributed by atoms with Gasteiger partial charge in [-0.15, -0.1) is 10.2 Å². The third kappa shape index (κ3) is 3.79. The van der Waals surface area contributed by atoms with Crippen LogP contribution in [0.15, 0.2) is 28.7 Å². The highest BCUT2D eigenvalue weighted by Crippen LogP contribution is 2.19. The summed E-state index contributed by atoms with van der Waals surface area (Å²) in [6.07, 6.45) is 1.58. The summed E-state index contributed by atoms with van der Waals surface area (Å²) < 4.78 is 5.63. The van der Waals surface area contributed by atoms with E-state index in [1.165, 1.54) is 5.56 Å². The van der Waals surface area contributed by atoms with Crippen LogP contribution in [0.3, 0.4) is 0 Å². The van der Waals surface area contributed by atoms with Gasteiger partial charge in [0.2, 0.25) is 24.1 Å². The standard InChI is InChI=1S/C17H20N4O3/c1-13-2-4-14(5-3-13)17-19-18-15(24-17)6-7-16(23)21-10-8-20(12-22)9-11-21/h2-5,12H,6-11H2,1H3. The van der Waals surface area contributed by atoms with Gasteiger partial charge in [-0.25, -0.2) is 0 Å². The number of carbonyl (C=O) groups is 2. The molecule has 1 fully saturated rings. The maximum absolute atomic E-state index is 12.2. The van der Waals surface area contributed by atoms with E-state index >= 15 is 0 Å². The van der Waals surface area contributed by atoms with E-state index in [2.05, 4.69) is 10.2 Å². The highest BCUT2D eigenvalue weighted by molar-refractivity contribution is 5.76. The molecule has 1 aromatic carbocycles. The number of hydrogen-bond donors (Lipinski definition) is 0. The van der Waals surface area contributed by atoms with Crippen LogP contribution in [0.2, 0.25) is 0 Å². The Labute approximate surface area is 140 Å². The molecule has 2 amide bonds. The van der Waals surface area contributed by atoms with Gasteiger partial charge in [0, 0.05) is 44.6 Å². The SMILES string of the molecule is Cc1ccc(-c2nnc(CCC(=O)N3CCN(C=O)CC3)o2)cc1. The van der Waals surface area contributed by atoms with Crippen molar-refractivity contribution < 1.29 is 14.0 Å². The summed E-state index contributed by atoms with van der Waals surface area (Å²) in [5.74, 6) is 0.984. The number of nitrogens with zero attached hydrogens (tertiary/aromatic N) is 4. The fraction of sp³-hybridized carbons (Fsp3) is 0.412. The van der Waals surface area contributed by atoms with E-state index in [-0.39, 0.29) is 5.91 Å². The molecule has 0 bridgehead atoms. The van der Waals surface area contributed by atoms with Crippen LogP contribution in [0.25, 0.3) is 11.5 Å². The maximum atomic E-state index is 12.2. The highest BCUT2D eigenvalue weighted by Gasteiger charge is 2.20. The van der Waals surface area contributed by atoms with Crippen molar-refractivity contribution >= 4 is 12.3 Å². The molecule has 2 aromatic rings. The van der Waals surface area contributed by atoms with Crippen molar-refractivity contribution in [2.24, 2.45) is 0 Å². The first-order valence-corrected chi connectivity index (χ1v) is 8.02. The van der Waals surface area contributed by atoms with Crippen molar-refractivity contribution in [2.75, 3.05) is 26.2 Å². The van der Waals surface area contributed by atoms with E-state index in [0.29, 0.717) is 50.8 Å². The second-order valence-electron chi connectivity index (χ2n) is 5.89. The van der Waals surface area contributed by atoms with Crippen LogP contribution < -0.4 is 0 Å². The molecular formula is C17H20N4O3. The Bertz CT molecular complexity index is 703. The largest absolute Gasteiger partial charge is 0.421 e. The molecule has 0 radical (unpaired) electrons. The topological polar surface area (TPSA) is 79.5 Å². The number of benzene rings is 1. The average Bonchev–Trinajstić information content (AvgIpc) is 3.09. The number of rotatable bonds is 5. The second kappa shape index (κ2) is 7.25. The zero-order valence-electron chi connectivity index (χ0n) is 13.6. The van der Waals surface area contributed by atoms with Crippen LogP contribution in [-0.2, 0) is 16.0 Å². The third-order valence-electron chi connectivity index (χ3n) is 4.13. The zero-order valence-corrected chi connectivity index (χ0v) is 13.6. The van der Waals surface area contributed by atoms with E-state index in [1.807, 2.05) is 31.2 Å².